The smallest absolute Gasteiger partial charge is 0.348 e. The SMILES string of the molecule is CCOC(C(=O)OCC(=O)c1cccs1)(c1ccccc1)c1ccccc1. The largest absolute Gasteiger partial charge is 0.455 e. The van der Waals surface area contributed by atoms with Crippen LogP contribution in [0.1, 0.15) is 27.7 Å². The lowest BCUT2D eigenvalue weighted by atomic mass is 9.86. The first-order chi connectivity index (χ1) is 13.2. The zero-order valence-corrected chi connectivity index (χ0v) is 15.8. The Morgan fingerprint density at radius 3 is 1.96 bits per heavy atom. The van der Waals surface area contributed by atoms with Gasteiger partial charge >= 0.3 is 5.97 Å². The van der Waals surface area contributed by atoms with Crippen molar-refractivity contribution < 1.29 is 19.1 Å². The Balaban J connectivity index is 1.96. The second-order valence-corrected chi connectivity index (χ2v) is 6.77. The van der Waals surface area contributed by atoms with Crippen LogP contribution in [0.3, 0.4) is 0 Å². The zero-order valence-electron chi connectivity index (χ0n) is 15.0. The van der Waals surface area contributed by atoms with Crippen LogP contribution in [0.2, 0.25) is 0 Å². The molecule has 4 nitrogen and oxygen atoms in total. The number of thiophene rings is 1. The van der Waals surface area contributed by atoms with E-state index in [1.807, 2.05) is 73.0 Å². The van der Waals surface area contributed by atoms with Crippen LogP contribution in [-0.4, -0.2) is 25.0 Å². The highest BCUT2D eigenvalue weighted by molar-refractivity contribution is 7.12. The van der Waals surface area contributed by atoms with E-state index in [2.05, 4.69) is 0 Å². The third kappa shape index (κ3) is 3.99. The third-order valence-electron chi connectivity index (χ3n) is 4.14. The number of carbonyl (C=O) groups is 2. The second-order valence-electron chi connectivity index (χ2n) is 5.82. The van der Waals surface area contributed by atoms with E-state index in [0.717, 1.165) is 0 Å². The number of carbonyl (C=O) groups excluding carboxylic acids is 2. The monoisotopic (exact) mass is 380 g/mol. The summed E-state index contributed by atoms with van der Waals surface area (Å²) in [5, 5.41) is 1.81. The molecule has 27 heavy (non-hydrogen) atoms. The molecule has 0 spiro atoms. The fourth-order valence-electron chi connectivity index (χ4n) is 2.93. The Morgan fingerprint density at radius 2 is 1.48 bits per heavy atom. The summed E-state index contributed by atoms with van der Waals surface area (Å²) in [5.74, 6) is -0.837. The molecule has 0 saturated carbocycles. The summed E-state index contributed by atoms with van der Waals surface area (Å²) >= 11 is 1.32. The summed E-state index contributed by atoms with van der Waals surface area (Å²) in [7, 11) is 0. The van der Waals surface area contributed by atoms with Gasteiger partial charge in [-0.2, -0.15) is 0 Å². The Kier molecular flexibility index (Phi) is 6.16. The average molecular weight is 380 g/mol. The van der Waals surface area contributed by atoms with Crippen molar-refractivity contribution in [2.45, 2.75) is 12.5 Å². The van der Waals surface area contributed by atoms with Crippen molar-refractivity contribution >= 4 is 23.1 Å². The van der Waals surface area contributed by atoms with Gasteiger partial charge < -0.3 is 9.47 Å². The van der Waals surface area contributed by atoms with Gasteiger partial charge in [-0.1, -0.05) is 66.7 Å². The third-order valence-corrected chi connectivity index (χ3v) is 5.05. The van der Waals surface area contributed by atoms with Gasteiger partial charge in [0.15, 0.2) is 6.61 Å². The van der Waals surface area contributed by atoms with Crippen LogP contribution in [0.25, 0.3) is 0 Å². The van der Waals surface area contributed by atoms with Crippen molar-refractivity contribution in [3.05, 3.63) is 94.2 Å². The second kappa shape index (κ2) is 8.75. The van der Waals surface area contributed by atoms with E-state index in [1.54, 1.807) is 12.1 Å². The van der Waals surface area contributed by atoms with Gasteiger partial charge in [0, 0.05) is 6.61 Å². The number of rotatable bonds is 8. The quantitative estimate of drug-likeness (QED) is 0.428. The Morgan fingerprint density at radius 1 is 0.889 bits per heavy atom. The molecule has 0 N–H and O–H groups in total. The maximum atomic E-state index is 13.2. The summed E-state index contributed by atoms with van der Waals surface area (Å²) in [4.78, 5) is 26.1. The summed E-state index contributed by atoms with van der Waals surface area (Å²) in [6.07, 6.45) is 0. The summed E-state index contributed by atoms with van der Waals surface area (Å²) in [5.41, 5.74) is -0.106. The van der Waals surface area contributed by atoms with E-state index in [4.69, 9.17) is 9.47 Å². The molecule has 5 heteroatoms. The van der Waals surface area contributed by atoms with Crippen LogP contribution in [0.5, 0.6) is 0 Å². The van der Waals surface area contributed by atoms with E-state index in [-0.39, 0.29) is 12.4 Å². The van der Waals surface area contributed by atoms with E-state index in [0.29, 0.717) is 22.6 Å². The molecule has 3 aromatic rings. The number of ether oxygens (including phenoxy) is 2. The lowest BCUT2D eigenvalue weighted by Gasteiger charge is -2.32. The molecule has 0 aliphatic rings. The summed E-state index contributed by atoms with van der Waals surface area (Å²) in [6, 6.07) is 21.9. The molecule has 2 aromatic carbocycles. The van der Waals surface area contributed by atoms with Crippen molar-refractivity contribution in [3.8, 4) is 0 Å². The first-order valence-corrected chi connectivity index (χ1v) is 9.55. The predicted octanol–water partition coefficient (Wildman–Crippen LogP) is 4.45. The fraction of sp³-hybridized carbons (Fsp3) is 0.182. The average Bonchev–Trinajstić information content (AvgIpc) is 3.26. The molecule has 0 radical (unpaired) electrons. The van der Waals surface area contributed by atoms with Gasteiger partial charge in [-0.15, -0.1) is 11.3 Å². The maximum Gasteiger partial charge on any atom is 0.348 e. The maximum absolute atomic E-state index is 13.2. The molecule has 0 aliphatic carbocycles. The fourth-order valence-corrected chi connectivity index (χ4v) is 3.58. The Hall–Kier alpha value is -2.76. The van der Waals surface area contributed by atoms with E-state index in [9.17, 15) is 9.59 Å². The van der Waals surface area contributed by atoms with Gasteiger partial charge in [0.25, 0.3) is 0 Å². The topological polar surface area (TPSA) is 52.6 Å². The molecule has 0 aliphatic heterocycles. The Labute approximate surface area is 162 Å². The highest BCUT2D eigenvalue weighted by Gasteiger charge is 2.45. The van der Waals surface area contributed by atoms with Crippen LogP contribution in [0, 0.1) is 0 Å². The van der Waals surface area contributed by atoms with Crippen LogP contribution in [0.4, 0.5) is 0 Å². The summed E-state index contributed by atoms with van der Waals surface area (Å²) in [6.45, 7) is 1.80. The number of ketones is 1. The number of benzene rings is 2. The molecule has 0 saturated heterocycles. The van der Waals surface area contributed by atoms with E-state index < -0.39 is 11.6 Å². The van der Waals surface area contributed by atoms with Crippen molar-refractivity contribution in [1.29, 1.82) is 0 Å². The minimum absolute atomic E-state index is 0.232. The van der Waals surface area contributed by atoms with Gasteiger partial charge in [-0.25, -0.2) is 4.79 Å². The van der Waals surface area contributed by atoms with Gasteiger partial charge in [0.1, 0.15) is 0 Å². The van der Waals surface area contributed by atoms with Crippen LogP contribution < -0.4 is 0 Å². The minimum Gasteiger partial charge on any atom is -0.455 e. The molecule has 138 valence electrons. The summed E-state index contributed by atoms with van der Waals surface area (Å²) < 4.78 is 11.5. The lowest BCUT2D eigenvalue weighted by Crippen LogP contribution is -2.42. The molecule has 0 unspecified atom stereocenters. The molecule has 1 heterocycles. The van der Waals surface area contributed by atoms with Gasteiger partial charge in [0.05, 0.1) is 4.88 Å². The predicted molar refractivity (Wildman–Crippen MR) is 105 cm³/mol. The molecular formula is C22H20O4S. The van der Waals surface area contributed by atoms with Crippen LogP contribution >= 0.6 is 11.3 Å². The molecule has 0 amide bonds. The molecule has 1 aromatic heterocycles. The minimum atomic E-state index is -1.42. The van der Waals surface area contributed by atoms with Crippen molar-refractivity contribution in [3.63, 3.8) is 0 Å². The molecule has 0 atom stereocenters. The van der Waals surface area contributed by atoms with Gasteiger partial charge in [0.2, 0.25) is 11.4 Å². The highest BCUT2D eigenvalue weighted by Crippen LogP contribution is 2.35. The molecule has 0 fully saturated rings. The first-order valence-electron chi connectivity index (χ1n) is 8.67. The van der Waals surface area contributed by atoms with E-state index in [1.165, 1.54) is 11.3 Å². The lowest BCUT2D eigenvalue weighted by molar-refractivity contribution is -0.167. The molecular weight excluding hydrogens is 360 g/mol. The van der Waals surface area contributed by atoms with Crippen LogP contribution in [0.15, 0.2) is 78.2 Å². The van der Waals surface area contributed by atoms with Crippen molar-refractivity contribution in [2.75, 3.05) is 13.2 Å². The first kappa shape index (κ1) is 19.0. The van der Waals surface area contributed by atoms with Crippen molar-refractivity contribution in [2.24, 2.45) is 0 Å². The molecule has 0 bridgehead atoms. The van der Waals surface area contributed by atoms with Gasteiger partial charge in [-0.3, -0.25) is 4.79 Å². The Bertz CT molecular complexity index is 834. The number of Topliss-reactive ketones (excluding diaryl/α,β-unsaturated/α-hetero) is 1. The highest BCUT2D eigenvalue weighted by atomic mass is 32.1. The van der Waals surface area contributed by atoms with Crippen LogP contribution in [-0.2, 0) is 19.9 Å². The zero-order chi connectivity index (χ0) is 19.1. The standard InChI is InChI=1S/C22H20O4S/c1-2-26-22(17-10-5-3-6-11-17,18-12-7-4-8-13-18)21(24)25-16-19(23)20-14-9-15-27-20/h3-15H,2,16H2,1H3. The number of esters is 1. The molecule has 3 rings (SSSR count). The van der Waals surface area contributed by atoms with Gasteiger partial charge in [-0.05, 0) is 29.5 Å². The number of hydrogen-bond acceptors (Lipinski definition) is 5. The van der Waals surface area contributed by atoms with E-state index >= 15 is 0 Å². The number of hydrogen-bond donors (Lipinski definition) is 0. The normalized spacial score (nSPS) is 11.1. The van der Waals surface area contributed by atoms with Crippen molar-refractivity contribution in [1.82, 2.24) is 0 Å².